The maximum atomic E-state index is 12.8. The van der Waals surface area contributed by atoms with Crippen LogP contribution in [0.3, 0.4) is 0 Å². The fourth-order valence-electron chi connectivity index (χ4n) is 2.98. The fourth-order valence-corrected chi connectivity index (χ4v) is 3.46. The lowest BCUT2D eigenvalue weighted by Gasteiger charge is -2.22. The van der Waals surface area contributed by atoms with Crippen LogP contribution in [0.4, 0.5) is 0 Å². The fraction of sp³-hybridized carbons (Fsp3) is 0.364. The Balaban J connectivity index is 1.55. The van der Waals surface area contributed by atoms with Gasteiger partial charge in [-0.1, -0.05) is 30.3 Å². The van der Waals surface area contributed by atoms with Crippen LogP contribution in [0.15, 0.2) is 48.5 Å². The van der Waals surface area contributed by atoms with Crippen molar-refractivity contribution in [1.29, 1.82) is 0 Å². The Hall–Kier alpha value is -2.87. The van der Waals surface area contributed by atoms with E-state index in [0.717, 1.165) is 11.3 Å². The summed E-state index contributed by atoms with van der Waals surface area (Å²) in [6.45, 7) is 1.13. The van der Waals surface area contributed by atoms with E-state index >= 15 is 0 Å². The van der Waals surface area contributed by atoms with Crippen molar-refractivity contribution in [2.75, 3.05) is 31.8 Å². The summed E-state index contributed by atoms with van der Waals surface area (Å²) >= 11 is 1.62. The molecule has 1 aliphatic heterocycles. The van der Waals surface area contributed by atoms with E-state index in [0.29, 0.717) is 36.9 Å². The molecule has 0 spiro atoms. The molecular formula is C22H26N2O5S. The predicted molar refractivity (Wildman–Crippen MR) is 116 cm³/mol. The summed E-state index contributed by atoms with van der Waals surface area (Å²) in [4.78, 5) is 25.1. The molecule has 3 rings (SSSR count). The van der Waals surface area contributed by atoms with Crippen molar-refractivity contribution in [3.8, 4) is 17.2 Å². The second-order valence-corrected chi connectivity index (χ2v) is 7.65. The predicted octanol–water partition coefficient (Wildman–Crippen LogP) is 2.39. The number of carbonyl (C=O) groups excluding carboxylic acids is 2. The van der Waals surface area contributed by atoms with Gasteiger partial charge in [-0.25, -0.2) is 0 Å². The molecule has 0 saturated carbocycles. The highest BCUT2D eigenvalue weighted by Gasteiger charge is 2.22. The molecule has 160 valence electrons. The van der Waals surface area contributed by atoms with Crippen molar-refractivity contribution < 1.29 is 23.8 Å². The van der Waals surface area contributed by atoms with Crippen molar-refractivity contribution >= 4 is 23.6 Å². The number of ether oxygens (including phenoxy) is 3. The minimum absolute atomic E-state index is 0.148. The third kappa shape index (κ3) is 6.32. The molecule has 30 heavy (non-hydrogen) atoms. The summed E-state index contributed by atoms with van der Waals surface area (Å²) in [6, 6.07) is 14.0. The molecule has 2 aromatic rings. The van der Waals surface area contributed by atoms with E-state index in [4.69, 9.17) is 14.2 Å². The summed E-state index contributed by atoms with van der Waals surface area (Å²) in [5.74, 6) is 2.10. The van der Waals surface area contributed by atoms with E-state index in [1.807, 2.05) is 42.7 Å². The van der Waals surface area contributed by atoms with Crippen LogP contribution in [-0.2, 0) is 16.1 Å². The summed E-state index contributed by atoms with van der Waals surface area (Å²) in [5.41, 5.74) is 0.836. The number of fused-ring (bicyclic) bond motifs is 1. The summed E-state index contributed by atoms with van der Waals surface area (Å²) in [6.07, 6.45) is 2.49. The summed E-state index contributed by atoms with van der Waals surface area (Å²) in [7, 11) is 0. The smallest absolute Gasteiger partial charge is 0.258 e. The van der Waals surface area contributed by atoms with Gasteiger partial charge in [0.2, 0.25) is 5.91 Å². The van der Waals surface area contributed by atoms with Crippen LogP contribution in [0.2, 0.25) is 0 Å². The van der Waals surface area contributed by atoms with Gasteiger partial charge in [-0.2, -0.15) is 11.8 Å². The zero-order valence-corrected chi connectivity index (χ0v) is 17.7. The largest absolute Gasteiger partial charge is 0.486 e. The van der Waals surface area contributed by atoms with Gasteiger partial charge in [-0.3, -0.25) is 9.59 Å². The summed E-state index contributed by atoms with van der Waals surface area (Å²) < 4.78 is 16.7. The monoisotopic (exact) mass is 430 g/mol. The van der Waals surface area contributed by atoms with Crippen molar-refractivity contribution in [3.63, 3.8) is 0 Å². The van der Waals surface area contributed by atoms with Gasteiger partial charge in [0.1, 0.15) is 25.0 Å². The molecule has 1 unspecified atom stereocenters. The van der Waals surface area contributed by atoms with E-state index in [1.54, 1.807) is 23.9 Å². The van der Waals surface area contributed by atoms with E-state index < -0.39 is 6.04 Å². The van der Waals surface area contributed by atoms with Crippen LogP contribution in [-0.4, -0.2) is 49.7 Å². The molecule has 8 heteroatoms. The quantitative estimate of drug-likeness (QED) is 0.602. The number of hydrogen-bond donors (Lipinski definition) is 2. The molecular weight excluding hydrogens is 404 g/mol. The molecule has 0 aromatic heterocycles. The van der Waals surface area contributed by atoms with Crippen LogP contribution >= 0.6 is 11.8 Å². The normalized spacial score (nSPS) is 13.2. The number of para-hydroxylation sites is 2. The van der Waals surface area contributed by atoms with Crippen molar-refractivity contribution in [3.05, 3.63) is 54.1 Å². The minimum Gasteiger partial charge on any atom is -0.486 e. The standard InChI is InChI=1S/C22H26N2O5S/c1-30-13-10-18(24-20(25)15-29-17-7-3-2-4-8-17)22(26)23-14-16-6-5-9-19-21(16)28-12-11-27-19/h2-9,18H,10-15H2,1H3,(H,23,26)(H,24,25). The average molecular weight is 431 g/mol. The number of rotatable bonds is 10. The van der Waals surface area contributed by atoms with Crippen LogP contribution in [0.1, 0.15) is 12.0 Å². The van der Waals surface area contributed by atoms with Gasteiger partial charge in [0.25, 0.3) is 5.91 Å². The Morgan fingerprint density at radius 3 is 2.70 bits per heavy atom. The van der Waals surface area contributed by atoms with E-state index in [2.05, 4.69) is 10.6 Å². The lowest BCUT2D eigenvalue weighted by Crippen LogP contribution is -2.48. The number of benzene rings is 2. The second kappa shape index (κ2) is 11.3. The third-order valence-corrected chi connectivity index (χ3v) is 5.12. The van der Waals surface area contributed by atoms with Crippen LogP contribution in [0.25, 0.3) is 0 Å². The van der Waals surface area contributed by atoms with Gasteiger partial charge in [-0.15, -0.1) is 0 Å². The minimum atomic E-state index is -0.638. The van der Waals surface area contributed by atoms with E-state index in [1.165, 1.54) is 0 Å². The maximum absolute atomic E-state index is 12.8. The van der Waals surface area contributed by atoms with Crippen molar-refractivity contribution in [2.45, 2.75) is 19.0 Å². The van der Waals surface area contributed by atoms with Crippen LogP contribution < -0.4 is 24.8 Å². The molecule has 2 amide bonds. The Morgan fingerprint density at radius 1 is 1.10 bits per heavy atom. The molecule has 7 nitrogen and oxygen atoms in total. The highest BCUT2D eigenvalue weighted by Crippen LogP contribution is 2.33. The zero-order valence-electron chi connectivity index (χ0n) is 16.9. The Morgan fingerprint density at radius 2 is 1.90 bits per heavy atom. The van der Waals surface area contributed by atoms with E-state index in [-0.39, 0.29) is 25.0 Å². The molecule has 0 fully saturated rings. The van der Waals surface area contributed by atoms with Gasteiger partial charge in [-0.05, 0) is 36.6 Å². The third-order valence-electron chi connectivity index (χ3n) is 4.48. The average Bonchev–Trinajstić information content (AvgIpc) is 2.79. The zero-order chi connectivity index (χ0) is 21.2. The number of nitrogens with one attached hydrogen (secondary N) is 2. The first-order chi connectivity index (χ1) is 14.7. The number of amides is 2. The van der Waals surface area contributed by atoms with Gasteiger partial charge < -0.3 is 24.8 Å². The van der Waals surface area contributed by atoms with Crippen LogP contribution in [0, 0.1) is 0 Å². The lowest BCUT2D eigenvalue weighted by atomic mass is 10.1. The van der Waals surface area contributed by atoms with E-state index in [9.17, 15) is 9.59 Å². The number of hydrogen-bond acceptors (Lipinski definition) is 6. The SMILES string of the molecule is CSCCC(NC(=O)COc1ccccc1)C(=O)NCc1cccc2c1OCCO2. The molecule has 2 N–H and O–H groups in total. The van der Waals surface area contributed by atoms with Gasteiger partial charge in [0, 0.05) is 12.1 Å². The second-order valence-electron chi connectivity index (χ2n) is 6.66. The molecule has 1 aliphatic rings. The number of thioether (sulfide) groups is 1. The molecule has 2 aromatic carbocycles. The molecule has 0 aliphatic carbocycles. The maximum Gasteiger partial charge on any atom is 0.258 e. The van der Waals surface area contributed by atoms with Gasteiger partial charge >= 0.3 is 0 Å². The van der Waals surface area contributed by atoms with Gasteiger partial charge in [0.05, 0.1) is 0 Å². The van der Waals surface area contributed by atoms with Crippen LogP contribution in [0.5, 0.6) is 17.2 Å². The van der Waals surface area contributed by atoms with Crippen molar-refractivity contribution in [1.82, 2.24) is 10.6 Å². The molecule has 0 radical (unpaired) electrons. The highest BCUT2D eigenvalue weighted by atomic mass is 32.2. The molecule has 1 atom stereocenters. The molecule has 0 bridgehead atoms. The van der Waals surface area contributed by atoms with Crippen molar-refractivity contribution in [2.24, 2.45) is 0 Å². The first-order valence-electron chi connectivity index (χ1n) is 9.78. The first kappa shape index (κ1) is 21.8. The Kier molecular flexibility index (Phi) is 8.26. The molecule has 1 heterocycles. The Bertz CT molecular complexity index is 847. The first-order valence-corrected chi connectivity index (χ1v) is 11.2. The highest BCUT2D eigenvalue weighted by molar-refractivity contribution is 7.98. The topological polar surface area (TPSA) is 85.9 Å². The van der Waals surface area contributed by atoms with Gasteiger partial charge in [0.15, 0.2) is 18.1 Å². The molecule has 0 saturated heterocycles. The number of carbonyl (C=O) groups is 2. The lowest BCUT2D eigenvalue weighted by molar-refractivity contribution is -0.130. The summed E-state index contributed by atoms with van der Waals surface area (Å²) in [5, 5.41) is 5.67. The Labute approximate surface area is 180 Å².